The van der Waals surface area contributed by atoms with E-state index in [-0.39, 0.29) is 22.9 Å². The Kier molecular flexibility index (Phi) is 15.6. The molecule has 1 spiro atoms. The minimum atomic E-state index is -2.00. The van der Waals surface area contributed by atoms with Gasteiger partial charge < -0.3 is 109 Å². The zero-order valence-electron chi connectivity index (χ0n) is 41.3. The molecule has 29 unspecified atom stereocenters. The highest BCUT2D eigenvalue weighted by atomic mass is 16.8. The summed E-state index contributed by atoms with van der Waals surface area (Å²) in [5.74, 6) is 1.51. The van der Waals surface area contributed by atoms with Crippen LogP contribution in [0.15, 0.2) is 23.3 Å². The van der Waals surface area contributed by atoms with Gasteiger partial charge in [0.2, 0.25) is 0 Å². The summed E-state index contributed by atoms with van der Waals surface area (Å²) in [5, 5.41) is 129. The maximum Gasteiger partial charge on any atom is 0.187 e. The van der Waals surface area contributed by atoms with Crippen LogP contribution in [-0.2, 0) is 47.4 Å². The molecule has 12 N–H and O–H groups in total. The summed E-state index contributed by atoms with van der Waals surface area (Å²) in [4.78, 5) is 0. The van der Waals surface area contributed by atoms with E-state index in [4.69, 9.17) is 47.4 Å². The Morgan fingerprint density at radius 3 is 1.93 bits per heavy atom. The number of hydrogen-bond donors (Lipinski definition) is 12. The Hall–Kier alpha value is -1.40. The fourth-order valence-corrected chi connectivity index (χ4v) is 14.5. The van der Waals surface area contributed by atoms with Crippen LogP contribution >= 0.6 is 0 Å². The van der Waals surface area contributed by atoms with Gasteiger partial charge in [-0.3, -0.25) is 0 Å². The monoisotopic (exact) mass is 1030 g/mol. The summed E-state index contributed by atoms with van der Waals surface area (Å²) in [6.07, 6.45) is -21.5. The van der Waals surface area contributed by atoms with Gasteiger partial charge in [0.1, 0.15) is 91.6 Å². The van der Waals surface area contributed by atoms with Gasteiger partial charge in [0.25, 0.3) is 0 Å². The third-order valence-electron chi connectivity index (χ3n) is 18.8. The summed E-state index contributed by atoms with van der Waals surface area (Å²) in [5.41, 5.74) is 2.76. The van der Waals surface area contributed by atoms with E-state index in [2.05, 4.69) is 39.8 Å². The highest BCUT2D eigenvalue weighted by Crippen LogP contribution is 2.69. The number of aliphatic hydroxyl groups excluding tert-OH is 12. The van der Waals surface area contributed by atoms with Crippen LogP contribution in [0.2, 0.25) is 0 Å². The molecule has 6 saturated heterocycles. The third kappa shape index (κ3) is 9.10. The normalized spacial score (nSPS) is 55.6. The third-order valence-corrected chi connectivity index (χ3v) is 18.8. The quantitative estimate of drug-likeness (QED) is 0.0958. The summed E-state index contributed by atoms with van der Waals surface area (Å²) in [6.45, 7) is 7.11. The second-order valence-electron chi connectivity index (χ2n) is 23.0. The molecule has 22 nitrogen and oxygen atoms in total. The van der Waals surface area contributed by atoms with Crippen molar-refractivity contribution in [1.82, 2.24) is 0 Å². The van der Waals surface area contributed by atoms with Crippen LogP contribution in [0.4, 0.5) is 0 Å². The van der Waals surface area contributed by atoms with Gasteiger partial charge in [0, 0.05) is 18.3 Å². The summed E-state index contributed by atoms with van der Waals surface area (Å²) in [7, 11) is 0. The average Bonchev–Trinajstić information content (AvgIpc) is 3.82. The highest BCUT2D eigenvalue weighted by molar-refractivity contribution is 5.38. The van der Waals surface area contributed by atoms with Gasteiger partial charge in [0.15, 0.2) is 30.9 Å². The Morgan fingerprint density at radius 2 is 1.22 bits per heavy atom. The number of rotatable bonds is 11. The van der Waals surface area contributed by atoms with Crippen molar-refractivity contribution in [2.45, 2.75) is 214 Å². The molecule has 29 atom stereocenters. The Labute approximate surface area is 418 Å². The molecule has 2 saturated carbocycles. The lowest BCUT2D eigenvalue weighted by Gasteiger charge is -2.57. The minimum absolute atomic E-state index is 0.0329. The van der Waals surface area contributed by atoms with Crippen molar-refractivity contribution >= 4 is 0 Å². The van der Waals surface area contributed by atoms with Gasteiger partial charge in [0.05, 0.1) is 45.2 Å². The van der Waals surface area contributed by atoms with E-state index in [1.54, 1.807) is 0 Å². The van der Waals surface area contributed by atoms with Gasteiger partial charge in [-0.1, -0.05) is 51.0 Å². The zero-order chi connectivity index (χ0) is 51.3. The molecule has 0 amide bonds. The lowest BCUT2D eigenvalue weighted by atomic mass is 9.48. The van der Waals surface area contributed by atoms with Gasteiger partial charge in [-0.25, -0.2) is 0 Å². The Bertz CT molecular complexity index is 1950. The zero-order valence-corrected chi connectivity index (χ0v) is 41.3. The molecular formula is C50H78O22. The first-order valence-electron chi connectivity index (χ1n) is 26.2. The molecule has 0 bridgehead atoms. The minimum Gasteiger partial charge on any atom is -0.394 e. The molecule has 0 aromatic carbocycles. The van der Waals surface area contributed by atoms with Crippen LogP contribution in [0.1, 0.15) is 79.1 Å². The maximum atomic E-state index is 11.8. The Morgan fingerprint density at radius 1 is 0.597 bits per heavy atom. The SMILES string of the molecule is CC1CCC2(OC1)OC1C=C3C4CC=C5CC(OC6OC(CO)C(OC7OC(CO)C(O)C(OC8OCC(O)C(O)C8O)C7OC7OC(CO)C(O)C(O)C7O)C(O)C6O)CCC5(C)C4CCC3(C)C1C2C. The molecule has 410 valence electrons. The van der Waals surface area contributed by atoms with E-state index in [0.29, 0.717) is 36.5 Å². The predicted octanol–water partition coefficient (Wildman–Crippen LogP) is -2.43. The first-order valence-corrected chi connectivity index (χ1v) is 26.2. The van der Waals surface area contributed by atoms with Gasteiger partial charge in [-0.2, -0.15) is 0 Å². The molecule has 10 aliphatic rings. The lowest BCUT2D eigenvalue weighted by molar-refractivity contribution is -0.403. The summed E-state index contributed by atoms with van der Waals surface area (Å²) >= 11 is 0. The van der Waals surface area contributed by atoms with E-state index in [9.17, 15) is 61.3 Å². The summed E-state index contributed by atoms with van der Waals surface area (Å²) < 4.78 is 61.2. The maximum absolute atomic E-state index is 11.8. The number of allylic oxidation sites excluding steroid dienone is 2. The van der Waals surface area contributed by atoms with E-state index in [1.807, 2.05) is 0 Å². The molecular weight excluding hydrogens is 953 g/mol. The number of hydrogen-bond acceptors (Lipinski definition) is 22. The molecule has 0 aromatic rings. The molecule has 0 radical (unpaired) electrons. The number of fused-ring (bicyclic) bond motifs is 7. The number of aliphatic hydroxyl groups is 12. The van der Waals surface area contributed by atoms with Crippen molar-refractivity contribution in [2.24, 2.45) is 40.4 Å². The largest absolute Gasteiger partial charge is 0.394 e. The standard InChI is InChI=1S/C50H78O22/c1-20-7-12-50(64-18-20)21(2)32-28(72-50)14-26-24-6-5-22-13-23(8-10-48(22,3)25(24)9-11-49(26,32)4)65-45-40(62)37(59)41(31(17-53)68-45)69-47-43(71-46-39(61)36(58)34(56)29(15-51)66-46)42(35(57)30(16-52)67-47)70-44-38(60)33(55)27(54)19-63-44/h5,14,20-21,23-25,27-47,51-62H,6-13,15-19H2,1-4H3. The van der Waals surface area contributed by atoms with Gasteiger partial charge >= 0.3 is 0 Å². The molecule has 6 aliphatic heterocycles. The predicted molar refractivity (Wildman–Crippen MR) is 242 cm³/mol. The van der Waals surface area contributed by atoms with Crippen molar-refractivity contribution in [3.63, 3.8) is 0 Å². The van der Waals surface area contributed by atoms with E-state index < -0.39 is 155 Å². The molecule has 4 aliphatic carbocycles. The average molecular weight is 1030 g/mol. The van der Waals surface area contributed by atoms with Crippen LogP contribution in [0.3, 0.4) is 0 Å². The molecule has 8 fully saturated rings. The highest BCUT2D eigenvalue weighted by Gasteiger charge is 2.66. The van der Waals surface area contributed by atoms with Crippen molar-refractivity contribution in [3.05, 3.63) is 23.3 Å². The van der Waals surface area contributed by atoms with Crippen molar-refractivity contribution in [1.29, 1.82) is 0 Å². The molecule has 22 heteroatoms. The Balaban J connectivity index is 0.833. The first kappa shape index (κ1) is 54.0. The second-order valence-corrected chi connectivity index (χ2v) is 23.0. The molecule has 0 aromatic heterocycles. The van der Waals surface area contributed by atoms with Crippen molar-refractivity contribution in [3.8, 4) is 0 Å². The van der Waals surface area contributed by atoms with E-state index in [1.165, 1.54) is 11.1 Å². The first-order chi connectivity index (χ1) is 34.3. The van der Waals surface area contributed by atoms with E-state index >= 15 is 0 Å². The summed E-state index contributed by atoms with van der Waals surface area (Å²) in [6, 6.07) is 0. The number of ether oxygens (including phenoxy) is 10. The van der Waals surface area contributed by atoms with Crippen LogP contribution in [-0.4, -0.2) is 229 Å². The van der Waals surface area contributed by atoms with Gasteiger partial charge in [-0.05, 0) is 73.5 Å². The van der Waals surface area contributed by atoms with Crippen LogP contribution in [0.25, 0.3) is 0 Å². The van der Waals surface area contributed by atoms with Crippen LogP contribution in [0, 0.1) is 40.4 Å². The fourth-order valence-electron chi connectivity index (χ4n) is 14.5. The smallest absolute Gasteiger partial charge is 0.187 e. The van der Waals surface area contributed by atoms with E-state index in [0.717, 1.165) is 45.1 Å². The second kappa shape index (κ2) is 20.8. The molecule has 10 rings (SSSR count). The van der Waals surface area contributed by atoms with Crippen molar-refractivity contribution < 1.29 is 109 Å². The fraction of sp³-hybridized carbons (Fsp3) is 0.920. The van der Waals surface area contributed by atoms with Crippen LogP contribution < -0.4 is 0 Å². The molecule has 6 heterocycles. The topological polar surface area (TPSA) is 335 Å². The lowest BCUT2D eigenvalue weighted by Crippen LogP contribution is -2.68. The molecule has 72 heavy (non-hydrogen) atoms. The van der Waals surface area contributed by atoms with Crippen LogP contribution in [0.5, 0.6) is 0 Å². The van der Waals surface area contributed by atoms with Crippen molar-refractivity contribution in [2.75, 3.05) is 33.0 Å². The van der Waals surface area contributed by atoms with Gasteiger partial charge in [-0.15, -0.1) is 0 Å².